The zero-order valence-electron chi connectivity index (χ0n) is 18.3. The molecule has 3 rings (SSSR count). The van der Waals surface area contributed by atoms with Crippen LogP contribution < -0.4 is 10.6 Å². The monoisotopic (exact) mass is 439 g/mol. The molecule has 0 saturated heterocycles. The summed E-state index contributed by atoms with van der Waals surface area (Å²) in [5.74, 6) is 0. The lowest BCUT2D eigenvalue weighted by molar-refractivity contribution is -0.137. The zero-order chi connectivity index (χ0) is 23.1. The third-order valence-electron chi connectivity index (χ3n) is 5.44. The molecule has 0 amide bonds. The third kappa shape index (κ3) is 6.20. The van der Waals surface area contributed by atoms with Gasteiger partial charge in [-0.2, -0.15) is 13.2 Å². The Bertz CT molecular complexity index is 1010. The van der Waals surface area contributed by atoms with Crippen LogP contribution in [0, 0.1) is 6.92 Å². The van der Waals surface area contributed by atoms with Crippen molar-refractivity contribution in [1.29, 1.82) is 0 Å². The normalized spacial score (nSPS) is 13.4. The molecule has 0 unspecified atom stereocenters. The zero-order valence-corrected chi connectivity index (χ0v) is 18.3. The molecule has 32 heavy (non-hydrogen) atoms. The van der Waals surface area contributed by atoms with Gasteiger partial charge in [0.1, 0.15) is 0 Å². The van der Waals surface area contributed by atoms with E-state index in [0.29, 0.717) is 12.8 Å². The smallest absolute Gasteiger partial charge is 0.390 e. The summed E-state index contributed by atoms with van der Waals surface area (Å²) in [7, 11) is 1.84. The van der Waals surface area contributed by atoms with Gasteiger partial charge in [0.05, 0.1) is 23.3 Å². The number of nitrogens with one attached hydrogen (secondary N) is 2. The summed E-state index contributed by atoms with van der Waals surface area (Å²) in [6, 6.07) is 21.0. The van der Waals surface area contributed by atoms with E-state index in [1.165, 1.54) is 0 Å². The number of nitrogens with zero attached hydrogens (tertiary/aromatic N) is 1. The number of rotatable bonds is 9. The van der Waals surface area contributed by atoms with Gasteiger partial charge in [0.2, 0.25) is 0 Å². The molecule has 0 fully saturated rings. The standard InChI is InChI=1S/C26H28F3N3/c1-18-8-7-11-23(31-18)24(17-14-20-12-15-22(16-13-20)26(27,28)29)32-25(19(2)30-3)21-9-5-4-6-10-21/h4-13,15-16,24-25,30,32H,2,14,17H2,1,3H3/t24-,25-/m0/s1. The molecule has 0 bridgehead atoms. The Labute approximate surface area is 187 Å². The van der Waals surface area contributed by atoms with Crippen LogP contribution in [0.4, 0.5) is 13.2 Å². The summed E-state index contributed by atoms with van der Waals surface area (Å²) in [6.07, 6.45) is -3.05. The van der Waals surface area contributed by atoms with Crippen molar-refractivity contribution in [3.05, 3.63) is 113 Å². The van der Waals surface area contributed by atoms with Crippen LogP contribution in [-0.2, 0) is 12.6 Å². The first-order valence-corrected chi connectivity index (χ1v) is 10.5. The number of hydrogen-bond donors (Lipinski definition) is 2. The number of alkyl halides is 3. The molecule has 0 aliphatic rings. The van der Waals surface area contributed by atoms with Crippen molar-refractivity contribution >= 4 is 0 Å². The first-order chi connectivity index (χ1) is 15.3. The van der Waals surface area contributed by atoms with Crippen LogP contribution in [0.15, 0.2) is 85.1 Å². The number of likely N-dealkylation sites (N-methyl/N-ethyl adjacent to an activating group) is 1. The molecule has 2 atom stereocenters. The summed E-state index contributed by atoms with van der Waals surface area (Å²) < 4.78 is 38.6. The predicted molar refractivity (Wildman–Crippen MR) is 122 cm³/mol. The highest BCUT2D eigenvalue weighted by Gasteiger charge is 2.30. The van der Waals surface area contributed by atoms with E-state index in [1.807, 2.05) is 62.5 Å². The van der Waals surface area contributed by atoms with Crippen LogP contribution in [0.1, 0.15) is 46.6 Å². The maximum Gasteiger partial charge on any atom is 0.416 e. The van der Waals surface area contributed by atoms with Crippen molar-refractivity contribution in [2.45, 2.75) is 38.0 Å². The number of benzene rings is 2. The minimum Gasteiger partial charge on any atom is -0.390 e. The molecule has 0 radical (unpaired) electrons. The fraction of sp³-hybridized carbons (Fsp3) is 0.269. The van der Waals surface area contributed by atoms with E-state index >= 15 is 0 Å². The molecule has 0 saturated carbocycles. The van der Waals surface area contributed by atoms with Crippen LogP contribution in [0.3, 0.4) is 0 Å². The molecule has 3 nitrogen and oxygen atoms in total. The summed E-state index contributed by atoms with van der Waals surface area (Å²) >= 11 is 0. The molecule has 1 aromatic heterocycles. The van der Waals surface area contributed by atoms with E-state index in [-0.39, 0.29) is 12.1 Å². The Balaban J connectivity index is 1.84. The van der Waals surface area contributed by atoms with Gasteiger partial charge in [0, 0.05) is 18.4 Å². The van der Waals surface area contributed by atoms with Crippen LogP contribution in [0.2, 0.25) is 0 Å². The minimum atomic E-state index is -4.33. The maximum absolute atomic E-state index is 12.9. The fourth-order valence-corrected chi connectivity index (χ4v) is 3.64. The van der Waals surface area contributed by atoms with Crippen molar-refractivity contribution in [3.8, 4) is 0 Å². The van der Waals surface area contributed by atoms with E-state index in [0.717, 1.165) is 40.3 Å². The Morgan fingerprint density at radius 2 is 1.66 bits per heavy atom. The summed E-state index contributed by atoms with van der Waals surface area (Å²) in [5, 5.41) is 6.81. The lowest BCUT2D eigenvalue weighted by Crippen LogP contribution is -2.32. The lowest BCUT2D eigenvalue weighted by atomic mass is 9.97. The first kappa shape index (κ1) is 23.5. The molecular weight excluding hydrogens is 411 g/mol. The molecular formula is C26H28F3N3. The second kappa shape index (κ2) is 10.5. The molecule has 2 aromatic carbocycles. The van der Waals surface area contributed by atoms with Crippen LogP contribution in [0.5, 0.6) is 0 Å². The Morgan fingerprint density at radius 3 is 2.25 bits per heavy atom. The van der Waals surface area contributed by atoms with Gasteiger partial charge in [0.15, 0.2) is 0 Å². The number of pyridine rings is 1. The van der Waals surface area contributed by atoms with Gasteiger partial charge in [-0.25, -0.2) is 0 Å². The molecule has 0 aliphatic carbocycles. The van der Waals surface area contributed by atoms with E-state index in [1.54, 1.807) is 12.1 Å². The second-order valence-electron chi connectivity index (χ2n) is 7.78. The van der Waals surface area contributed by atoms with Crippen LogP contribution in [-0.4, -0.2) is 12.0 Å². The van der Waals surface area contributed by atoms with Crippen LogP contribution in [0.25, 0.3) is 0 Å². The maximum atomic E-state index is 12.9. The molecule has 1 heterocycles. The van der Waals surface area contributed by atoms with Gasteiger partial charge in [-0.05, 0) is 55.2 Å². The van der Waals surface area contributed by atoms with Gasteiger partial charge in [0.25, 0.3) is 0 Å². The largest absolute Gasteiger partial charge is 0.416 e. The van der Waals surface area contributed by atoms with Gasteiger partial charge in [-0.3, -0.25) is 10.3 Å². The minimum absolute atomic E-state index is 0.118. The highest BCUT2D eigenvalue weighted by atomic mass is 19.4. The van der Waals surface area contributed by atoms with Crippen molar-refractivity contribution in [2.75, 3.05) is 7.05 Å². The van der Waals surface area contributed by atoms with E-state index in [9.17, 15) is 13.2 Å². The van der Waals surface area contributed by atoms with Gasteiger partial charge < -0.3 is 5.32 Å². The lowest BCUT2D eigenvalue weighted by Gasteiger charge is -2.28. The number of aryl methyl sites for hydroxylation is 2. The van der Waals surface area contributed by atoms with Crippen molar-refractivity contribution in [3.63, 3.8) is 0 Å². The van der Waals surface area contributed by atoms with Crippen molar-refractivity contribution in [2.24, 2.45) is 0 Å². The van der Waals surface area contributed by atoms with E-state index in [2.05, 4.69) is 17.2 Å². The van der Waals surface area contributed by atoms with Crippen molar-refractivity contribution < 1.29 is 13.2 Å². The average Bonchev–Trinajstić information content (AvgIpc) is 2.79. The quantitative estimate of drug-likeness (QED) is 0.420. The summed E-state index contributed by atoms with van der Waals surface area (Å²) in [6.45, 7) is 6.11. The predicted octanol–water partition coefficient (Wildman–Crippen LogP) is 6.15. The molecule has 0 aliphatic heterocycles. The molecule has 3 aromatic rings. The van der Waals surface area contributed by atoms with E-state index in [4.69, 9.17) is 4.98 Å². The number of hydrogen-bond acceptors (Lipinski definition) is 3. The highest BCUT2D eigenvalue weighted by Crippen LogP contribution is 2.30. The Kier molecular flexibility index (Phi) is 7.70. The highest BCUT2D eigenvalue weighted by molar-refractivity contribution is 5.28. The fourth-order valence-electron chi connectivity index (χ4n) is 3.64. The van der Waals surface area contributed by atoms with Crippen LogP contribution >= 0.6 is 0 Å². The Hall–Kier alpha value is -3.12. The number of aromatic nitrogens is 1. The van der Waals surface area contributed by atoms with Gasteiger partial charge >= 0.3 is 6.18 Å². The van der Waals surface area contributed by atoms with Gasteiger partial charge in [-0.1, -0.05) is 55.1 Å². The summed E-state index contributed by atoms with van der Waals surface area (Å²) in [4.78, 5) is 4.70. The number of halogens is 3. The molecule has 168 valence electrons. The van der Waals surface area contributed by atoms with Gasteiger partial charge in [-0.15, -0.1) is 0 Å². The second-order valence-corrected chi connectivity index (χ2v) is 7.78. The SMILES string of the molecule is C=C(NC)[C@H](N[C@@H](CCc1ccc(C(F)(F)F)cc1)c1cccc(C)n1)c1ccccc1. The average molecular weight is 440 g/mol. The molecule has 0 spiro atoms. The van der Waals surface area contributed by atoms with E-state index < -0.39 is 11.7 Å². The topological polar surface area (TPSA) is 37.0 Å². The first-order valence-electron chi connectivity index (χ1n) is 10.5. The third-order valence-corrected chi connectivity index (χ3v) is 5.44. The Morgan fingerprint density at radius 1 is 0.969 bits per heavy atom. The summed E-state index contributed by atoms with van der Waals surface area (Å²) in [5.41, 5.74) is 3.91. The van der Waals surface area contributed by atoms with Crippen molar-refractivity contribution in [1.82, 2.24) is 15.6 Å². The molecule has 6 heteroatoms. The molecule has 2 N–H and O–H groups in total.